The van der Waals surface area contributed by atoms with Crippen LogP contribution >= 0.6 is 15.9 Å². The Labute approximate surface area is 104 Å². The van der Waals surface area contributed by atoms with Crippen LogP contribution < -0.4 is 5.32 Å². The van der Waals surface area contributed by atoms with Gasteiger partial charge in [0.05, 0.1) is 4.47 Å². The Bertz CT molecular complexity index is 342. The second-order valence-electron chi connectivity index (χ2n) is 4.10. The van der Waals surface area contributed by atoms with Gasteiger partial charge >= 0.3 is 0 Å². The molecule has 4 nitrogen and oxygen atoms in total. The van der Waals surface area contributed by atoms with Crippen molar-refractivity contribution in [1.29, 1.82) is 0 Å². The molecule has 1 N–H and O–H groups in total. The maximum absolute atomic E-state index is 5.36. The third-order valence-corrected chi connectivity index (χ3v) is 3.59. The van der Waals surface area contributed by atoms with Gasteiger partial charge in [-0.25, -0.2) is 9.97 Å². The molecule has 1 aromatic rings. The van der Waals surface area contributed by atoms with E-state index in [-0.39, 0.29) is 0 Å². The molecule has 5 heteroatoms. The molecule has 0 amide bonds. The molecular formula is C11H16BrN3O. The lowest BCUT2D eigenvalue weighted by Gasteiger charge is -2.28. The monoisotopic (exact) mass is 285 g/mol. The highest BCUT2D eigenvalue weighted by molar-refractivity contribution is 9.10. The Balaban J connectivity index is 1.96. The summed E-state index contributed by atoms with van der Waals surface area (Å²) in [7, 11) is 0. The highest BCUT2D eigenvalue weighted by atomic mass is 79.9. The molecule has 1 atom stereocenters. The Morgan fingerprint density at radius 2 is 2.25 bits per heavy atom. The topological polar surface area (TPSA) is 47.0 Å². The lowest BCUT2D eigenvalue weighted by atomic mass is 9.93. The lowest BCUT2D eigenvalue weighted by molar-refractivity contribution is 0.0622. The summed E-state index contributed by atoms with van der Waals surface area (Å²) in [6.07, 6.45) is 5.56. The van der Waals surface area contributed by atoms with Crippen LogP contribution in [0, 0.1) is 5.92 Å². The number of hydrogen-bond donors (Lipinski definition) is 1. The number of anilines is 1. The maximum atomic E-state index is 5.36. The van der Waals surface area contributed by atoms with Gasteiger partial charge in [0.1, 0.15) is 12.1 Å². The highest BCUT2D eigenvalue weighted by Gasteiger charge is 2.21. The molecular weight excluding hydrogens is 270 g/mol. The van der Waals surface area contributed by atoms with E-state index in [9.17, 15) is 0 Å². The Morgan fingerprint density at radius 3 is 2.94 bits per heavy atom. The van der Waals surface area contributed by atoms with Crippen LogP contribution in [-0.4, -0.2) is 29.2 Å². The van der Waals surface area contributed by atoms with Gasteiger partial charge in [0, 0.05) is 25.5 Å². The summed E-state index contributed by atoms with van der Waals surface area (Å²) in [5.41, 5.74) is 0. The van der Waals surface area contributed by atoms with E-state index in [2.05, 4.69) is 38.1 Å². The number of nitrogens with one attached hydrogen (secondary N) is 1. The van der Waals surface area contributed by atoms with Gasteiger partial charge in [-0.3, -0.25) is 0 Å². The summed E-state index contributed by atoms with van der Waals surface area (Å²) in [6.45, 7) is 3.95. The standard InChI is InChI=1S/C11H16BrN3O/c1-8(9-2-4-16-5-3-9)15-11-10(12)6-13-7-14-11/h6-9H,2-5H2,1H3,(H,13,14,15). The minimum absolute atomic E-state index is 0.412. The third kappa shape index (κ3) is 2.92. The van der Waals surface area contributed by atoms with Gasteiger partial charge in [-0.15, -0.1) is 0 Å². The number of halogens is 1. The summed E-state index contributed by atoms with van der Waals surface area (Å²) >= 11 is 3.44. The second kappa shape index (κ2) is 5.59. The van der Waals surface area contributed by atoms with Crippen LogP contribution in [0.5, 0.6) is 0 Å². The third-order valence-electron chi connectivity index (χ3n) is 3.01. The molecule has 1 aliphatic rings. The van der Waals surface area contributed by atoms with Gasteiger partial charge in [-0.05, 0) is 41.6 Å². The van der Waals surface area contributed by atoms with Crippen molar-refractivity contribution < 1.29 is 4.74 Å². The van der Waals surface area contributed by atoms with Crippen molar-refractivity contribution in [2.75, 3.05) is 18.5 Å². The van der Waals surface area contributed by atoms with Crippen molar-refractivity contribution in [3.8, 4) is 0 Å². The van der Waals surface area contributed by atoms with Crippen molar-refractivity contribution in [2.24, 2.45) is 5.92 Å². The van der Waals surface area contributed by atoms with Gasteiger partial charge in [0.25, 0.3) is 0 Å². The van der Waals surface area contributed by atoms with Crippen LogP contribution in [0.25, 0.3) is 0 Å². The molecule has 1 fully saturated rings. The largest absolute Gasteiger partial charge is 0.381 e. The first-order chi connectivity index (χ1) is 7.77. The Kier molecular flexibility index (Phi) is 4.12. The number of hydrogen-bond acceptors (Lipinski definition) is 4. The average molecular weight is 286 g/mol. The summed E-state index contributed by atoms with van der Waals surface area (Å²) in [5, 5.41) is 3.43. The lowest BCUT2D eigenvalue weighted by Crippen LogP contribution is -2.31. The fraction of sp³-hybridized carbons (Fsp3) is 0.636. The van der Waals surface area contributed by atoms with Crippen molar-refractivity contribution in [3.05, 3.63) is 17.0 Å². The second-order valence-corrected chi connectivity index (χ2v) is 4.96. The minimum atomic E-state index is 0.412. The number of rotatable bonds is 3. The molecule has 16 heavy (non-hydrogen) atoms. The van der Waals surface area contributed by atoms with Gasteiger partial charge in [0.15, 0.2) is 0 Å². The molecule has 1 unspecified atom stereocenters. The van der Waals surface area contributed by atoms with Crippen molar-refractivity contribution >= 4 is 21.7 Å². The normalized spacial score (nSPS) is 19.4. The van der Waals surface area contributed by atoms with E-state index < -0.39 is 0 Å². The molecule has 2 heterocycles. The summed E-state index contributed by atoms with van der Waals surface area (Å²) in [5.74, 6) is 1.53. The summed E-state index contributed by atoms with van der Waals surface area (Å²) in [6, 6.07) is 0.412. The molecule has 0 bridgehead atoms. The van der Waals surface area contributed by atoms with Gasteiger partial charge in [-0.2, -0.15) is 0 Å². The maximum Gasteiger partial charge on any atom is 0.143 e. The SMILES string of the molecule is CC(Nc1ncncc1Br)C1CCOCC1. The first-order valence-electron chi connectivity index (χ1n) is 5.57. The fourth-order valence-electron chi connectivity index (χ4n) is 1.97. The first kappa shape index (κ1) is 11.8. The van der Waals surface area contributed by atoms with Gasteiger partial charge < -0.3 is 10.1 Å². The van der Waals surface area contributed by atoms with Gasteiger partial charge in [0.2, 0.25) is 0 Å². The molecule has 2 rings (SSSR count). The zero-order valence-corrected chi connectivity index (χ0v) is 10.9. The number of aromatic nitrogens is 2. The molecule has 88 valence electrons. The molecule has 1 aromatic heterocycles. The highest BCUT2D eigenvalue weighted by Crippen LogP contribution is 2.24. The molecule has 0 radical (unpaired) electrons. The van der Waals surface area contributed by atoms with E-state index in [4.69, 9.17) is 4.74 Å². The molecule has 0 aliphatic carbocycles. The minimum Gasteiger partial charge on any atom is -0.381 e. The van der Waals surface area contributed by atoms with Crippen LogP contribution in [0.1, 0.15) is 19.8 Å². The molecule has 1 aliphatic heterocycles. The zero-order chi connectivity index (χ0) is 11.4. The predicted molar refractivity (Wildman–Crippen MR) is 66.4 cm³/mol. The van der Waals surface area contributed by atoms with Crippen LogP contribution in [0.15, 0.2) is 17.0 Å². The molecule has 0 spiro atoms. The van der Waals surface area contributed by atoms with E-state index in [1.807, 2.05) is 0 Å². The summed E-state index contributed by atoms with van der Waals surface area (Å²) in [4.78, 5) is 8.16. The van der Waals surface area contributed by atoms with E-state index in [1.165, 1.54) is 0 Å². The van der Waals surface area contributed by atoms with E-state index >= 15 is 0 Å². The van der Waals surface area contributed by atoms with Gasteiger partial charge in [-0.1, -0.05) is 0 Å². The van der Waals surface area contributed by atoms with Crippen molar-refractivity contribution in [1.82, 2.24) is 9.97 Å². The Hall–Kier alpha value is -0.680. The number of ether oxygens (including phenoxy) is 1. The molecule has 1 saturated heterocycles. The zero-order valence-electron chi connectivity index (χ0n) is 9.32. The fourth-order valence-corrected chi connectivity index (χ4v) is 2.30. The quantitative estimate of drug-likeness (QED) is 0.927. The number of nitrogens with zero attached hydrogens (tertiary/aromatic N) is 2. The van der Waals surface area contributed by atoms with E-state index in [0.717, 1.165) is 36.3 Å². The van der Waals surface area contributed by atoms with Crippen LogP contribution in [-0.2, 0) is 4.74 Å². The van der Waals surface area contributed by atoms with Crippen molar-refractivity contribution in [3.63, 3.8) is 0 Å². The Morgan fingerprint density at radius 1 is 1.50 bits per heavy atom. The molecule has 0 saturated carbocycles. The van der Waals surface area contributed by atoms with Crippen LogP contribution in [0.2, 0.25) is 0 Å². The van der Waals surface area contributed by atoms with E-state index in [1.54, 1.807) is 12.5 Å². The van der Waals surface area contributed by atoms with Crippen molar-refractivity contribution in [2.45, 2.75) is 25.8 Å². The average Bonchev–Trinajstić information content (AvgIpc) is 2.33. The van der Waals surface area contributed by atoms with Crippen LogP contribution in [0.3, 0.4) is 0 Å². The molecule has 0 aromatic carbocycles. The smallest absolute Gasteiger partial charge is 0.143 e. The van der Waals surface area contributed by atoms with E-state index in [0.29, 0.717) is 12.0 Å². The predicted octanol–water partition coefficient (Wildman–Crippen LogP) is 2.47. The first-order valence-corrected chi connectivity index (χ1v) is 6.36. The summed E-state index contributed by atoms with van der Waals surface area (Å²) < 4.78 is 6.27. The van der Waals surface area contributed by atoms with Crippen LogP contribution in [0.4, 0.5) is 5.82 Å².